The normalized spacial score (nSPS) is 10.5. The van der Waals surface area contributed by atoms with Crippen molar-refractivity contribution in [2.45, 2.75) is 6.61 Å². The van der Waals surface area contributed by atoms with Crippen molar-refractivity contribution in [2.75, 3.05) is 0 Å². The van der Waals surface area contributed by atoms with Gasteiger partial charge in [-0.25, -0.2) is 4.39 Å². The van der Waals surface area contributed by atoms with Crippen LogP contribution in [0.3, 0.4) is 0 Å². The lowest BCUT2D eigenvalue weighted by Crippen LogP contribution is -2.21. The number of guanidine groups is 1. The molecule has 0 fully saturated rings. The largest absolute Gasteiger partial charge is 0.488 e. The molecule has 4 N–H and O–H groups in total. The lowest BCUT2D eigenvalue weighted by atomic mass is 10.2. The van der Waals surface area contributed by atoms with Crippen LogP contribution in [0.15, 0.2) is 58.7 Å². The minimum absolute atomic E-state index is 0.115. The van der Waals surface area contributed by atoms with E-state index >= 15 is 0 Å². The highest BCUT2D eigenvalue weighted by atomic mass is 19.1. The summed E-state index contributed by atoms with van der Waals surface area (Å²) in [5.74, 6) is 0.246. The zero-order valence-electron chi connectivity index (χ0n) is 11.2. The molecule has 0 atom stereocenters. The average molecular weight is 286 g/mol. The fourth-order valence-electron chi connectivity index (χ4n) is 1.62. The molecule has 108 valence electrons. The molecule has 0 heterocycles. The van der Waals surface area contributed by atoms with Crippen LogP contribution < -0.4 is 16.2 Å². The molecule has 2 aromatic rings. The van der Waals surface area contributed by atoms with E-state index in [0.29, 0.717) is 12.4 Å². The van der Waals surface area contributed by atoms with Crippen molar-refractivity contribution in [1.82, 2.24) is 0 Å². The van der Waals surface area contributed by atoms with Gasteiger partial charge < -0.3 is 16.2 Å². The number of nitrogens with zero attached hydrogens (tertiary/aromatic N) is 2. The highest BCUT2D eigenvalue weighted by Gasteiger charge is 2.01. The molecule has 0 aliphatic carbocycles. The van der Waals surface area contributed by atoms with Gasteiger partial charge in [0.05, 0.1) is 6.21 Å². The third-order valence-corrected chi connectivity index (χ3v) is 2.60. The Hall–Kier alpha value is -2.89. The Morgan fingerprint density at radius 3 is 2.52 bits per heavy atom. The fourth-order valence-corrected chi connectivity index (χ4v) is 1.62. The van der Waals surface area contributed by atoms with Gasteiger partial charge in [0, 0.05) is 5.56 Å². The zero-order chi connectivity index (χ0) is 15.1. The van der Waals surface area contributed by atoms with E-state index in [-0.39, 0.29) is 11.8 Å². The first-order chi connectivity index (χ1) is 10.1. The fraction of sp³-hybridized carbons (Fsp3) is 0.0667. The second-order valence-corrected chi connectivity index (χ2v) is 4.22. The van der Waals surface area contributed by atoms with Crippen LogP contribution in [0.4, 0.5) is 4.39 Å². The summed E-state index contributed by atoms with van der Waals surface area (Å²) in [4.78, 5) is 0. The summed E-state index contributed by atoms with van der Waals surface area (Å²) in [6, 6.07) is 13.5. The molecular formula is C15H15FN4O. The molecule has 0 spiro atoms. The molecule has 0 aliphatic heterocycles. The predicted octanol–water partition coefficient (Wildman–Crippen LogP) is 2.01. The summed E-state index contributed by atoms with van der Waals surface area (Å²) in [7, 11) is 0. The molecule has 0 radical (unpaired) electrons. The van der Waals surface area contributed by atoms with Crippen molar-refractivity contribution < 1.29 is 9.13 Å². The Balaban J connectivity index is 2.07. The second kappa shape index (κ2) is 7.04. The molecule has 2 aromatic carbocycles. The predicted molar refractivity (Wildman–Crippen MR) is 80.6 cm³/mol. The third-order valence-electron chi connectivity index (χ3n) is 2.60. The summed E-state index contributed by atoms with van der Waals surface area (Å²) in [6.45, 7) is 0.327. The monoisotopic (exact) mass is 286 g/mol. The quantitative estimate of drug-likeness (QED) is 0.501. The van der Waals surface area contributed by atoms with Crippen LogP contribution >= 0.6 is 0 Å². The van der Waals surface area contributed by atoms with Crippen LogP contribution in [0.5, 0.6) is 5.75 Å². The molecule has 0 saturated heterocycles. The number of hydrogen-bond acceptors (Lipinski definition) is 3. The third kappa shape index (κ3) is 4.61. The highest BCUT2D eigenvalue weighted by Crippen LogP contribution is 2.17. The molecule has 0 amide bonds. The zero-order valence-corrected chi connectivity index (χ0v) is 11.2. The van der Waals surface area contributed by atoms with Crippen LogP contribution in [0, 0.1) is 5.82 Å². The maximum Gasteiger partial charge on any atom is 0.211 e. The molecule has 5 nitrogen and oxygen atoms in total. The molecule has 6 heteroatoms. The van der Waals surface area contributed by atoms with E-state index in [0.717, 1.165) is 11.1 Å². The van der Waals surface area contributed by atoms with Gasteiger partial charge in [-0.05, 0) is 29.8 Å². The number of ether oxygens (including phenoxy) is 1. The molecule has 2 rings (SSSR count). The number of halogens is 1. The van der Waals surface area contributed by atoms with Crippen molar-refractivity contribution in [3.8, 4) is 5.75 Å². The number of para-hydroxylation sites is 1. The van der Waals surface area contributed by atoms with Crippen LogP contribution in [0.25, 0.3) is 0 Å². The van der Waals surface area contributed by atoms with Crippen LogP contribution in [0.2, 0.25) is 0 Å². The van der Waals surface area contributed by atoms with Crippen molar-refractivity contribution in [3.05, 3.63) is 65.5 Å². The first kappa shape index (κ1) is 14.5. The topological polar surface area (TPSA) is 86.0 Å². The average Bonchev–Trinajstić information content (AvgIpc) is 2.47. The molecule has 0 unspecified atom stereocenters. The lowest BCUT2D eigenvalue weighted by molar-refractivity contribution is 0.305. The number of rotatable bonds is 5. The summed E-state index contributed by atoms with van der Waals surface area (Å²) in [5, 5.41) is 7.29. The Labute approximate surface area is 121 Å². The summed E-state index contributed by atoms with van der Waals surface area (Å²) >= 11 is 0. The van der Waals surface area contributed by atoms with E-state index in [1.54, 1.807) is 18.2 Å². The van der Waals surface area contributed by atoms with Gasteiger partial charge in [-0.1, -0.05) is 24.3 Å². The van der Waals surface area contributed by atoms with E-state index in [1.165, 1.54) is 18.3 Å². The van der Waals surface area contributed by atoms with Gasteiger partial charge in [-0.3, -0.25) is 0 Å². The van der Waals surface area contributed by atoms with Crippen LogP contribution in [-0.2, 0) is 6.61 Å². The van der Waals surface area contributed by atoms with E-state index in [4.69, 9.17) is 16.2 Å². The number of hydrogen-bond donors (Lipinski definition) is 2. The van der Waals surface area contributed by atoms with Crippen molar-refractivity contribution in [1.29, 1.82) is 0 Å². The summed E-state index contributed by atoms with van der Waals surface area (Å²) in [6.07, 6.45) is 1.50. The number of benzene rings is 2. The van der Waals surface area contributed by atoms with Crippen molar-refractivity contribution >= 4 is 12.2 Å². The molecule has 0 saturated carbocycles. The molecule has 0 aliphatic rings. The minimum Gasteiger partial charge on any atom is -0.488 e. The summed E-state index contributed by atoms with van der Waals surface area (Å²) < 4.78 is 18.5. The Kier molecular flexibility index (Phi) is 4.87. The van der Waals surface area contributed by atoms with Crippen molar-refractivity contribution in [2.24, 2.45) is 21.7 Å². The lowest BCUT2D eigenvalue weighted by Gasteiger charge is -2.08. The Bertz CT molecular complexity index is 649. The smallest absolute Gasteiger partial charge is 0.211 e. The van der Waals surface area contributed by atoms with E-state index in [1.807, 2.05) is 18.2 Å². The second-order valence-electron chi connectivity index (χ2n) is 4.22. The Morgan fingerprint density at radius 1 is 1.10 bits per heavy atom. The first-order valence-electron chi connectivity index (χ1n) is 6.23. The van der Waals surface area contributed by atoms with Gasteiger partial charge in [0.2, 0.25) is 5.96 Å². The number of nitrogens with two attached hydrogens (primary N) is 2. The SMILES string of the molecule is NC(N)=NN=Cc1ccccc1OCc1ccc(F)cc1. The van der Waals surface area contributed by atoms with Crippen LogP contribution in [0.1, 0.15) is 11.1 Å². The summed E-state index contributed by atoms with van der Waals surface area (Å²) in [5.41, 5.74) is 12.0. The highest BCUT2D eigenvalue weighted by molar-refractivity contribution is 5.84. The molecule has 21 heavy (non-hydrogen) atoms. The molecule has 0 bridgehead atoms. The minimum atomic E-state index is -0.275. The van der Waals surface area contributed by atoms with E-state index in [2.05, 4.69) is 10.2 Å². The van der Waals surface area contributed by atoms with Crippen LogP contribution in [-0.4, -0.2) is 12.2 Å². The molecular weight excluding hydrogens is 271 g/mol. The van der Waals surface area contributed by atoms with Gasteiger partial charge in [0.15, 0.2) is 0 Å². The van der Waals surface area contributed by atoms with Gasteiger partial charge in [0.25, 0.3) is 0 Å². The maximum absolute atomic E-state index is 12.8. The van der Waals surface area contributed by atoms with Gasteiger partial charge in [-0.2, -0.15) is 5.10 Å². The Morgan fingerprint density at radius 2 is 1.81 bits per heavy atom. The van der Waals surface area contributed by atoms with Gasteiger partial charge in [-0.15, -0.1) is 5.10 Å². The first-order valence-corrected chi connectivity index (χ1v) is 6.23. The van der Waals surface area contributed by atoms with Gasteiger partial charge in [0.1, 0.15) is 18.2 Å². The van der Waals surface area contributed by atoms with Gasteiger partial charge >= 0.3 is 0 Å². The standard InChI is InChI=1S/C15H15FN4O/c16-13-7-5-11(6-8-13)10-21-14-4-2-1-3-12(14)9-19-20-15(17)18/h1-9H,10H2,(H4,17,18,20). The molecule has 0 aromatic heterocycles. The maximum atomic E-state index is 12.8. The van der Waals surface area contributed by atoms with E-state index < -0.39 is 0 Å². The van der Waals surface area contributed by atoms with Crippen molar-refractivity contribution in [3.63, 3.8) is 0 Å². The van der Waals surface area contributed by atoms with E-state index in [9.17, 15) is 4.39 Å².